The van der Waals surface area contributed by atoms with Crippen molar-refractivity contribution in [2.45, 2.75) is 6.54 Å². The van der Waals surface area contributed by atoms with Crippen molar-refractivity contribution >= 4 is 11.4 Å². The van der Waals surface area contributed by atoms with Crippen LogP contribution in [-0.4, -0.2) is 36.1 Å². The lowest BCUT2D eigenvalue weighted by molar-refractivity contribution is -0.384. The van der Waals surface area contributed by atoms with Crippen molar-refractivity contribution in [3.63, 3.8) is 0 Å². The molecule has 0 spiro atoms. The molecule has 92 valence electrons. The summed E-state index contributed by atoms with van der Waals surface area (Å²) < 4.78 is 5.25. The van der Waals surface area contributed by atoms with Crippen LogP contribution < -0.4 is 5.73 Å². The smallest absolute Gasteiger partial charge is 0.292 e. The first-order valence-electron chi connectivity index (χ1n) is 5.50. The van der Waals surface area contributed by atoms with E-state index in [1.807, 2.05) is 6.07 Å². The molecular formula is C11H15N3O3. The molecule has 0 saturated carbocycles. The van der Waals surface area contributed by atoms with Crippen molar-refractivity contribution in [2.24, 2.45) is 0 Å². The molecule has 0 atom stereocenters. The van der Waals surface area contributed by atoms with Crippen LogP contribution in [0.15, 0.2) is 18.2 Å². The van der Waals surface area contributed by atoms with Gasteiger partial charge in [-0.15, -0.1) is 0 Å². The fourth-order valence-electron chi connectivity index (χ4n) is 1.86. The lowest BCUT2D eigenvalue weighted by atomic mass is 10.1. The van der Waals surface area contributed by atoms with Crippen LogP contribution in [0.25, 0.3) is 0 Å². The number of nitro benzene ring substituents is 1. The highest BCUT2D eigenvalue weighted by molar-refractivity contribution is 5.59. The number of morpholine rings is 1. The first-order valence-corrected chi connectivity index (χ1v) is 5.50. The normalized spacial score (nSPS) is 16.9. The minimum atomic E-state index is -0.446. The number of hydrogen-bond acceptors (Lipinski definition) is 5. The summed E-state index contributed by atoms with van der Waals surface area (Å²) in [5, 5.41) is 10.8. The van der Waals surface area contributed by atoms with Crippen molar-refractivity contribution < 1.29 is 9.66 Å². The third kappa shape index (κ3) is 2.92. The monoisotopic (exact) mass is 237 g/mol. The minimum absolute atomic E-state index is 0.0178. The number of hydrogen-bond donors (Lipinski definition) is 1. The van der Waals surface area contributed by atoms with Crippen molar-refractivity contribution in [1.29, 1.82) is 0 Å². The highest BCUT2D eigenvalue weighted by Crippen LogP contribution is 2.23. The van der Waals surface area contributed by atoms with Crippen molar-refractivity contribution in [3.05, 3.63) is 33.9 Å². The highest BCUT2D eigenvalue weighted by Gasteiger charge is 2.15. The van der Waals surface area contributed by atoms with Crippen molar-refractivity contribution in [2.75, 3.05) is 32.0 Å². The molecule has 0 radical (unpaired) electrons. The molecule has 1 aliphatic rings. The molecule has 1 aromatic rings. The van der Waals surface area contributed by atoms with Gasteiger partial charge in [0.1, 0.15) is 5.69 Å². The molecule has 0 amide bonds. The van der Waals surface area contributed by atoms with E-state index >= 15 is 0 Å². The van der Waals surface area contributed by atoms with E-state index in [-0.39, 0.29) is 11.4 Å². The predicted octanol–water partition coefficient (Wildman–Crippen LogP) is 1.01. The average Bonchev–Trinajstić information content (AvgIpc) is 2.32. The Morgan fingerprint density at radius 2 is 2.12 bits per heavy atom. The van der Waals surface area contributed by atoms with Gasteiger partial charge in [-0.05, 0) is 11.6 Å². The van der Waals surface area contributed by atoms with Gasteiger partial charge in [-0.2, -0.15) is 0 Å². The van der Waals surface area contributed by atoms with E-state index in [0.29, 0.717) is 6.54 Å². The summed E-state index contributed by atoms with van der Waals surface area (Å²) in [6, 6.07) is 4.97. The number of nitrogen functional groups attached to an aromatic ring is 1. The number of rotatable bonds is 3. The molecule has 6 nitrogen and oxygen atoms in total. The van der Waals surface area contributed by atoms with Gasteiger partial charge < -0.3 is 10.5 Å². The maximum absolute atomic E-state index is 10.8. The number of anilines is 1. The topological polar surface area (TPSA) is 81.6 Å². The van der Waals surface area contributed by atoms with Gasteiger partial charge in [0.05, 0.1) is 18.1 Å². The maximum Gasteiger partial charge on any atom is 0.292 e. The summed E-state index contributed by atoms with van der Waals surface area (Å²) in [4.78, 5) is 12.5. The predicted molar refractivity (Wildman–Crippen MR) is 63.6 cm³/mol. The van der Waals surface area contributed by atoms with Crippen molar-refractivity contribution in [1.82, 2.24) is 4.90 Å². The van der Waals surface area contributed by atoms with Crippen LogP contribution in [-0.2, 0) is 11.3 Å². The molecule has 1 aliphatic heterocycles. The first kappa shape index (κ1) is 11.8. The summed E-state index contributed by atoms with van der Waals surface area (Å²) in [6.07, 6.45) is 0. The molecule has 1 heterocycles. The van der Waals surface area contributed by atoms with Crippen LogP contribution in [0, 0.1) is 10.1 Å². The Labute approximate surface area is 99.1 Å². The van der Waals surface area contributed by atoms with Gasteiger partial charge in [0.15, 0.2) is 0 Å². The minimum Gasteiger partial charge on any atom is -0.393 e. The Balaban J connectivity index is 2.10. The second-order valence-corrected chi connectivity index (χ2v) is 4.04. The summed E-state index contributed by atoms with van der Waals surface area (Å²) in [5.74, 6) is 0. The zero-order chi connectivity index (χ0) is 12.3. The lowest BCUT2D eigenvalue weighted by Crippen LogP contribution is -2.35. The second kappa shape index (κ2) is 5.11. The van der Waals surface area contributed by atoms with Crippen LogP contribution in [0.4, 0.5) is 11.4 Å². The van der Waals surface area contributed by atoms with Gasteiger partial charge in [0.2, 0.25) is 0 Å². The molecule has 0 unspecified atom stereocenters. The van der Waals surface area contributed by atoms with E-state index in [2.05, 4.69) is 4.90 Å². The summed E-state index contributed by atoms with van der Waals surface area (Å²) >= 11 is 0. The molecule has 0 bridgehead atoms. The molecule has 1 aromatic carbocycles. The Kier molecular flexibility index (Phi) is 3.55. The van der Waals surface area contributed by atoms with E-state index < -0.39 is 4.92 Å². The third-order valence-corrected chi connectivity index (χ3v) is 2.80. The molecule has 6 heteroatoms. The number of ether oxygens (including phenoxy) is 1. The van der Waals surface area contributed by atoms with Crippen LogP contribution in [0.3, 0.4) is 0 Å². The number of nitrogens with two attached hydrogens (primary N) is 1. The van der Waals surface area contributed by atoms with Crippen LogP contribution in [0.5, 0.6) is 0 Å². The van der Waals surface area contributed by atoms with Crippen LogP contribution in [0.1, 0.15) is 5.56 Å². The standard InChI is InChI=1S/C11H15N3O3/c12-10-2-1-9(7-11(10)14(15)16)8-13-3-5-17-6-4-13/h1-2,7H,3-6,8,12H2. The van der Waals surface area contributed by atoms with E-state index in [9.17, 15) is 10.1 Å². The zero-order valence-corrected chi connectivity index (χ0v) is 9.46. The third-order valence-electron chi connectivity index (χ3n) is 2.80. The number of benzene rings is 1. The largest absolute Gasteiger partial charge is 0.393 e. The van der Waals surface area contributed by atoms with E-state index in [0.717, 1.165) is 31.9 Å². The van der Waals surface area contributed by atoms with Gasteiger partial charge in [0.25, 0.3) is 5.69 Å². The van der Waals surface area contributed by atoms with E-state index in [4.69, 9.17) is 10.5 Å². The Bertz CT molecular complexity index is 416. The lowest BCUT2D eigenvalue weighted by Gasteiger charge is -2.26. The fourth-order valence-corrected chi connectivity index (χ4v) is 1.86. The molecule has 0 aliphatic carbocycles. The van der Waals surface area contributed by atoms with Gasteiger partial charge in [0, 0.05) is 25.7 Å². The van der Waals surface area contributed by atoms with Gasteiger partial charge in [-0.1, -0.05) is 6.07 Å². The maximum atomic E-state index is 10.8. The zero-order valence-electron chi connectivity index (χ0n) is 9.46. The fraction of sp³-hybridized carbons (Fsp3) is 0.455. The Morgan fingerprint density at radius 1 is 1.41 bits per heavy atom. The second-order valence-electron chi connectivity index (χ2n) is 4.04. The van der Waals surface area contributed by atoms with E-state index in [1.54, 1.807) is 12.1 Å². The van der Waals surface area contributed by atoms with Gasteiger partial charge >= 0.3 is 0 Å². The molecule has 1 fully saturated rings. The SMILES string of the molecule is Nc1ccc(CN2CCOCC2)cc1[N+](=O)[O-]. The molecular weight excluding hydrogens is 222 g/mol. The molecule has 2 N–H and O–H groups in total. The molecule has 0 aromatic heterocycles. The summed E-state index contributed by atoms with van der Waals surface area (Å²) in [7, 11) is 0. The van der Waals surface area contributed by atoms with Gasteiger partial charge in [-0.3, -0.25) is 15.0 Å². The Morgan fingerprint density at radius 3 is 2.76 bits per heavy atom. The number of nitrogens with zero attached hydrogens (tertiary/aromatic N) is 2. The molecule has 2 rings (SSSR count). The van der Waals surface area contributed by atoms with Gasteiger partial charge in [-0.25, -0.2) is 0 Å². The molecule has 17 heavy (non-hydrogen) atoms. The van der Waals surface area contributed by atoms with Crippen LogP contribution >= 0.6 is 0 Å². The van der Waals surface area contributed by atoms with Crippen LogP contribution in [0.2, 0.25) is 0 Å². The number of nitro groups is 1. The highest BCUT2D eigenvalue weighted by atomic mass is 16.6. The molecule has 1 saturated heterocycles. The van der Waals surface area contributed by atoms with Crippen molar-refractivity contribution in [3.8, 4) is 0 Å². The average molecular weight is 237 g/mol. The van der Waals surface area contributed by atoms with E-state index in [1.165, 1.54) is 0 Å². The summed E-state index contributed by atoms with van der Waals surface area (Å²) in [6.45, 7) is 3.86. The Hall–Kier alpha value is -1.66. The first-order chi connectivity index (χ1) is 8.16. The summed E-state index contributed by atoms with van der Waals surface area (Å²) in [5.41, 5.74) is 6.65. The quantitative estimate of drug-likeness (QED) is 0.482.